The van der Waals surface area contributed by atoms with E-state index in [0.717, 1.165) is 4.47 Å². The molecule has 10 heteroatoms. The normalized spacial score (nSPS) is 17.0. The molecular formula is C20H17BrN2O7. The first-order valence-corrected chi connectivity index (χ1v) is 9.45. The maximum Gasteiger partial charge on any atom is 0.340 e. The summed E-state index contributed by atoms with van der Waals surface area (Å²) in [4.78, 5) is 35.5. The maximum absolute atomic E-state index is 13.1. The summed E-state index contributed by atoms with van der Waals surface area (Å²) in [6.45, 7) is 0. The largest absolute Gasteiger partial charge is 0.494 e. The first-order valence-electron chi connectivity index (χ1n) is 8.65. The summed E-state index contributed by atoms with van der Waals surface area (Å²) in [6.07, 6.45) is 1.63. The number of rotatable bonds is 7. The van der Waals surface area contributed by atoms with Gasteiger partial charge in [-0.3, -0.25) is 10.1 Å². The van der Waals surface area contributed by atoms with Crippen LogP contribution >= 0.6 is 15.9 Å². The lowest BCUT2D eigenvalue weighted by atomic mass is 9.83. The number of carbonyl (C=O) groups excluding carboxylic acids is 2. The highest BCUT2D eigenvalue weighted by atomic mass is 79.9. The van der Waals surface area contributed by atoms with Crippen molar-refractivity contribution in [1.82, 2.24) is 0 Å². The van der Waals surface area contributed by atoms with E-state index in [2.05, 4.69) is 21.2 Å². The van der Waals surface area contributed by atoms with Gasteiger partial charge in [0.2, 0.25) is 5.54 Å². The third-order valence-electron chi connectivity index (χ3n) is 4.61. The minimum Gasteiger partial charge on any atom is -0.494 e. The zero-order valence-corrected chi connectivity index (χ0v) is 17.5. The van der Waals surface area contributed by atoms with Gasteiger partial charge in [0.15, 0.2) is 6.10 Å². The van der Waals surface area contributed by atoms with Gasteiger partial charge in [0.05, 0.1) is 30.9 Å². The maximum atomic E-state index is 13.1. The predicted octanol–water partition coefficient (Wildman–Crippen LogP) is 3.33. The first-order chi connectivity index (χ1) is 14.3. The number of nitrogens with zero attached hydrogens (tertiary/aromatic N) is 1. The third kappa shape index (κ3) is 3.86. The molecule has 0 spiro atoms. The molecule has 0 saturated heterocycles. The molecule has 1 aliphatic rings. The molecule has 156 valence electrons. The summed E-state index contributed by atoms with van der Waals surface area (Å²) < 4.78 is 16.5. The van der Waals surface area contributed by atoms with Crippen LogP contribution in [0.1, 0.15) is 5.56 Å². The highest BCUT2D eigenvalue weighted by Gasteiger charge is 2.52. The van der Waals surface area contributed by atoms with Crippen molar-refractivity contribution in [2.24, 2.45) is 0 Å². The van der Waals surface area contributed by atoms with E-state index in [1.807, 2.05) is 0 Å². The Labute approximate surface area is 179 Å². The molecule has 0 aliphatic carbocycles. The van der Waals surface area contributed by atoms with E-state index in [9.17, 15) is 19.7 Å². The van der Waals surface area contributed by atoms with Crippen molar-refractivity contribution in [3.8, 4) is 5.75 Å². The van der Waals surface area contributed by atoms with Gasteiger partial charge in [-0.05, 0) is 29.8 Å². The Balaban J connectivity index is 2.19. The highest BCUT2D eigenvalue weighted by Crippen LogP contribution is 2.40. The number of hydrogen-bond donors (Lipinski definition) is 1. The zero-order chi connectivity index (χ0) is 21.9. The summed E-state index contributed by atoms with van der Waals surface area (Å²) in [5, 5.41) is 14.2. The quantitative estimate of drug-likeness (QED) is 0.367. The fraction of sp³-hybridized carbons (Fsp3) is 0.200. The molecule has 30 heavy (non-hydrogen) atoms. The Morgan fingerprint density at radius 1 is 1.23 bits per heavy atom. The van der Waals surface area contributed by atoms with Crippen molar-refractivity contribution < 1.29 is 28.7 Å². The van der Waals surface area contributed by atoms with E-state index < -0.39 is 28.5 Å². The summed E-state index contributed by atoms with van der Waals surface area (Å²) in [5.41, 5.74) is -1.14. The third-order valence-corrected chi connectivity index (χ3v) is 5.14. The highest BCUT2D eigenvalue weighted by molar-refractivity contribution is 9.10. The first kappa shape index (κ1) is 21.3. The number of methoxy groups -OCH3 is 2. The van der Waals surface area contributed by atoms with E-state index in [-0.39, 0.29) is 17.1 Å². The van der Waals surface area contributed by atoms with Crippen LogP contribution in [0.4, 0.5) is 11.4 Å². The molecule has 2 aromatic rings. The molecule has 1 N–H and O–H groups in total. The number of esters is 2. The van der Waals surface area contributed by atoms with Gasteiger partial charge in [-0.1, -0.05) is 28.1 Å². The van der Waals surface area contributed by atoms with Gasteiger partial charge >= 0.3 is 11.9 Å². The average Bonchev–Trinajstić information content (AvgIpc) is 3.18. The van der Waals surface area contributed by atoms with Gasteiger partial charge < -0.3 is 19.5 Å². The number of carbonyl (C=O) groups is 2. The molecule has 0 fully saturated rings. The van der Waals surface area contributed by atoms with E-state index in [1.54, 1.807) is 24.3 Å². The second-order valence-electron chi connectivity index (χ2n) is 6.29. The van der Waals surface area contributed by atoms with Crippen molar-refractivity contribution >= 4 is 39.2 Å². The van der Waals surface area contributed by atoms with Crippen molar-refractivity contribution in [3.63, 3.8) is 0 Å². The second kappa shape index (κ2) is 8.54. The molecule has 0 radical (unpaired) electrons. The topological polar surface area (TPSA) is 117 Å². The second-order valence-corrected chi connectivity index (χ2v) is 7.21. The Bertz CT molecular complexity index is 1020. The van der Waals surface area contributed by atoms with Crippen molar-refractivity contribution in [1.29, 1.82) is 0 Å². The van der Waals surface area contributed by atoms with Gasteiger partial charge in [-0.25, -0.2) is 9.59 Å². The molecule has 0 aromatic heterocycles. The number of benzene rings is 2. The molecule has 0 amide bonds. The van der Waals surface area contributed by atoms with Crippen LogP contribution in [0, 0.1) is 10.1 Å². The number of nitro benzene ring substituents is 1. The predicted molar refractivity (Wildman–Crippen MR) is 110 cm³/mol. The fourth-order valence-corrected chi connectivity index (χ4v) is 3.44. The molecule has 2 atom stereocenters. The van der Waals surface area contributed by atoms with E-state index in [4.69, 9.17) is 14.2 Å². The lowest BCUT2D eigenvalue weighted by Gasteiger charge is -2.37. The smallest absolute Gasteiger partial charge is 0.340 e. The van der Waals surface area contributed by atoms with Crippen LogP contribution in [0.2, 0.25) is 0 Å². The number of hydrogen-bond acceptors (Lipinski definition) is 8. The van der Waals surface area contributed by atoms with Crippen LogP contribution in [0.15, 0.2) is 59.1 Å². The zero-order valence-electron chi connectivity index (χ0n) is 16.0. The van der Waals surface area contributed by atoms with Gasteiger partial charge in [-0.2, -0.15) is 0 Å². The Morgan fingerprint density at radius 3 is 2.47 bits per heavy atom. The van der Waals surface area contributed by atoms with E-state index in [1.165, 1.54) is 44.6 Å². The van der Waals surface area contributed by atoms with Crippen LogP contribution < -0.4 is 10.1 Å². The SMILES string of the molecule is COC(=O)[C@](Nc1ccc([N+](=O)[O-])cc1OC)(c1ccc(Br)cc1)[C@H]1C=CC(=O)O1. The van der Waals surface area contributed by atoms with Gasteiger partial charge in [0.1, 0.15) is 5.75 Å². The van der Waals surface area contributed by atoms with Crippen molar-refractivity contribution in [2.45, 2.75) is 11.6 Å². The molecule has 2 aromatic carbocycles. The monoisotopic (exact) mass is 476 g/mol. The molecule has 1 heterocycles. The van der Waals surface area contributed by atoms with Crippen LogP contribution in [0.25, 0.3) is 0 Å². The van der Waals surface area contributed by atoms with E-state index in [0.29, 0.717) is 5.56 Å². The lowest BCUT2D eigenvalue weighted by Crippen LogP contribution is -2.53. The lowest BCUT2D eigenvalue weighted by molar-refractivity contribution is -0.384. The Morgan fingerprint density at radius 2 is 1.93 bits per heavy atom. The van der Waals surface area contributed by atoms with Crippen molar-refractivity contribution in [3.05, 3.63) is 74.8 Å². The van der Waals surface area contributed by atoms with Crippen LogP contribution in [-0.4, -0.2) is 37.2 Å². The Hall–Kier alpha value is -3.40. The summed E-state index contributed by atoms with van der Waals surface area (Å²) in [7, 11) is 2.56. The van der Waals surface area contributed by atoms with Crippen LogP contribution in [-0.2, 0) is 24.6 Å². The summed E-state index contributed by atoms with van der Waals surface area (Å²) >= 11 is 3.35. The molecule has 1 aliphatic heterocycles. The minimum absolute atomic E-state index is 0.128. The minimum atomic E-state index is -1.68. The van der Waals surface area contributed by atoms with E-state index >= 15 is 0 Å². The van der Waals surface area contributed by atoms with Gasteiger partial charge in [0.25, 0.3) is 5.69 Å². The average molecular weight is 477 g/mol. The Kier molecular flexibility index (Phi) is 6.06. The molecule has 0 unspecified atom stereocenters. The number of nitrogens with one attached hydrogen (secondary N) is 1. The molecular weight excluding hydrogens is 460 g/mol. The molecule has 0 saturated carbocycles. The summed E-state index contributed by atoms with van der Waals surface area (Å²) in [5.74, 6) is -1.21. The number of cyclic esters (lactones) is 1. The number of anilines is 1. The van der Waals surface area contributed by atoms with Gasteiger partial charge in [0, 0.05) is 16.6 Å². The molecule has 0 bridgehead atoms. The standard InChI is InChI=1S/C20H17BrN2O7/c1-28-16-11-14(23(26)27)7-8-15(16)22-20(19(25)29-2,17-9-10-18(24)30-17)12-3-5-13(21)6-4-12/h3-11,17,22H,1-2H3/t17-,20+/m1/s1. The fourth-order valence-electron chi connectivity index (χ4n) is 3.18. The number of halogens is 1. The number of ether oxygens (including phenoxy) is 3. The summed E-state index contributed by atoms with van der Waals surface area (Å²) in [6, 6.07) is 10.7. The molecule has 9 nitrogen and oxygen atoms in total. The number of nitro groups is 1. The van der Waals surface area contributed by atoms with Crippen LogP contribution in [0.3, 0.4) is 0 Å². The van der Waals surface area contributed by atoms with Crippen molar-refractivity contribution in [2.75, 3.05) is 19.5 Å². The number of non-ortho nitro benzene ring substituents is 1. The molecule has 3 rings (SSSR count). The van der Waals surface area contributed by atoms with Gasteiger partial charge in [-0.15, -0.1) is 0 Å². The van der Waals surface area contributed by atoms with Crippen LogP contribution in [0.5, 0.6) is 5.75 Å².